The second kappa shape index (κ2) is 5.30. The van der Waals surface area contributed by atoms with Crippen molar-refractivity contribution < 1.29 is 4.92 Å². The summed E-state index contributed by atoms with van der Waals surface area (Å²) in [6.45, 7) is 4.05. The van der Waals surface area contributed by atoms with Crippen molar-refractivity contribution in [3.63, 3.8) is 0 Å². The van der Waals surface area contributed by atoms with Crippen molar-refractivity contribution in [2.75, 3.05) is 5.32 Å². The SMILES string of the molecule is Cc1cc(C)c2c(c1)Sc1c(Br)cc(Br)c([N+](=O)[O-])c1N2. The molecule has 1 heterocycles. The third kappa shape index (κ3) is 2.47. The highest BCUT2D eigenvalue weighted by Gasteiger charge is 2.30. The fourth-order valence-corrected chi connectivity index (χ4v) is 5.12. The van der Waals surface area contributed by atoms with Crippen LogP contribution in [0.4, 0.5) is 17.1 Å². The van der Waals surface area contributed by atoms with E-state index in [1.165, 1.54) is 5.56 Å². The Hall–Kier alpha value is -1.05. The lowest BCUT2D eigenvalue weighted by atomic mass is 10.1. The number of aryl methyl sites for hydroxylation is 2. The molecule has 21 heavy (non-hydrogen) atoms. The third-order valence-electron chi connectivity index (χ3n) is 3.25. The van der Waals surface area contributed by atoms with Crippen molar-refractivity contribution in [2.24, 2.45) is 0 Å². The normalized spacial score (nSPS) is 12.4. The van der Waals surface area contributed by atoms with Crippen LogP contribution in [0.15, 0.2) is 36.9 Å². The number of nitrogens with one attached hydrogen (secondary N) is 1. The van der Waals surface area contributed by atoms with Crippen LogP contribution in [0.5, 0.6) is 0 Å². The maximum absolute atomic E-state index is 11.4. The number of nitro benzene ring substituents is 1. The van der Waals surface area contributed by atoms with E-state index >= 15 is 0 Å². The van der Waals surface area contributed by atoms with Crippen LogP contribution in [0.2, 0.25) is 0 Å². The molecule has 0 aromatic heterocycles. The van der Waals surface area contributed by atoms with Crippen molar-refractivity contribution in [3.05, 3.63) is 48.4 Å². The molecular weight excluding hydrogens is 420 g/mol. The van der Waals surface area contributed by atoms with Gasteiger partial charge in [0.15, 0.2) is 0 Å². The van der Waals surface area contributed by atoms with Gasteiger partial charge in [-0.15, -0.1) is 0 Å². The lowest BCUT2D eigenvalue weighted by Crippen LogP contribution is -2.06. The molecule has 1 N–H and O–H groups in total. The van der Waals surface area contributed by atoms with Crippen LogP contribution in [0.1, 0.15) is 11.1 Å². The van der Waals surface area contributed by atoms with Gasteiger partial charge >= 0.3 is 5.69 Å². The highest BCUT2D eigenvalue weighted by atomic mass is 79.9. The minimum absolute atomic E-state index is 0.0614. The molecule has 0 radical (unpaired) electrons. The molecule has 0 aliphatic carbocycles. The maximum atomic E-state index is 11.4. The molecule has 2 aromatic carbocycles. The molecule has 1 aliphatic heterocycles. The number of fused-ring (bicyclic) bond motifs is 2. The van der Waals surface area contributed by atoms with E-state index in [4.69, 9.17) is 0 Å². The van der Waals surface area contributed by atoms with E-state index in [0.717, 1.165) is 25.5 Å². The molecule has 3 rings (SSSR count). The van der Waals surface area contributed by atoms with E-state index in [1.54, 1.807) is 17.8 Å². The Morgan fingerprint density at radius 1 is 1.14 bits per heavy atom. The molecule has 4 nitrogen and oxygen atoms in total. The van der Waals surface area contributed by atoms with Crippen LogP contribution in [-0.4, -0.2) is 4.92 Å². The van der Waals surface area contributed by atoms with E-state index in [-0.39, 0.29) is 10.6 Å². The van der Waals surface area contributed by atoms with Crippen molar-refractivity contribution in [2.45, 2.75) is 23.6 Å². The average Bonchev–Trinajstić information content (AvgIpc) is 2.37. The van der Waals surface area contributed by atoms with Crippen molar-refractivity contribution in [1.82, 2.24) is 0 Å². The van der Waals surface area contributed by atoms with Gasteiger partial charge in [-0.05, 0) is 69.0 Å². The van der Waals surface area contributed by atoms with Gasteiger partial charge in [-0.25, -0.2) is 0 Å². The van der Waals surface area contributed by atoms with Crippen LogP contribution in [0.3, 0.4) is 0 Å². The minimum Gasteiger partial charge on any atom is -0.348 e. The van der Waals surface area contributed by atoms with Gasteiger partial charge in [0.2, 0.25) is 0 Å². The summed E-state index contributed by atoms with van der Waals surface area (Å²) in [5.41, 5.74) is 3.78. The molecule has 1 aliphatic rings. The first kappa shape index (κ1) is 14.9. The zero-order chi connectivity index (χ0) is 15.3. The van der Waals surface area contributed by atoms with Crippen LogP contribution in [-0.2, 0) is 0 Å². The Morgan fingerprint density at radius 2 is 1.86 bits per heavy atom. The molecule has 2 aromatic rings. The molecule has 0 bridgehead atoms. The first-order valence-electron chi connectivity index (χ1n) is 6.11. The fraction of sp³-hybridized carbons (Fsp3) is 0.143. The van der Waals surface area contributed by atoms with Gasteiger partial charge in [-0.3, -0.25) is 10.1 Å². The molecule has 0 atom stereocenters. The van der Waals surface area contributed by atoms with Gasteiger partial charge < -0.3 is 5.32 Å². The summed E-state index contributed by atoms with van der Waals surface area (Å²) in [7, 11) is 0. The summed E-state index contributed by atoms with van der Waals surface area (Å²) >= 11 is 8.31. The van der Waals surface area contributed by atoms with E-state index in [9.17, 15) is 10.1 Å². The Morgan fingerprint density at radius 3 is 2.52 bits per heavy atom. The van der Waals surface area contributed by atoms with Gasteiger partial charge in [0.25, 0.3) is 0 Å². The third-order valence-corrected chi connectivity index (χ3v) is 5.91. The van der Waals surface area contributed by atoms with Crippen LogP contribution in [0, 0.1) is 24.0 Å². The van der Waals surface area contributed by atoms with Crippen molar-refractivity contribution >= 4 is 60.7 Å². The second-order valence-electron chi connectivity index (χ2n) is 4.83. The Bertz CT molecular complexity index is 793. The smallest absolute Gasteiger partial charge is 0.307 e. The fourth-order valence-electron chi connectivity index (χ4n) is 2.39. The number of halogens is 2. The van der Waals surface area contributed by atoms with Gasteiger partial charge in [0.05, 0.1) is 20.0 Å². The number of benzene rings is 2. The van der Waals surface area contributed by atoms with Crippen LogP contribution < -0.4 is 5.32 Å². The molecule has 7 heteroatoms. The van der Waals surface area contributed by atoms with E-state index in [2.05, 4.69) is 49.3 Å². The minimum atomic E-state index is -0.364. The summed E-state index contributed by atoms with van der Waals surface area (Å²) in [5.74, 6) is 0. The van der Waals surface area contributed by atoms with E-state index in [0.29, 0.717) is 10.2 Å². The Labute approximate surface area is 142 Å². The van der Waals surface area contributed by atoms with Gasteiger partial charge in [0, 0.05) is 9.37 Å². The number of hydrogen-bond donors (Lipinski definition) is 1. The lowest BCUT2D eigenvalue weighted by molar-refractivity contribution is -0.384. The predicted molar refractivity (Wildman–Crippen MR) is 91.8 cm³/mol. The molecule has 0 saturated carbocycles. The number of hydrogen-bond acceptors (Lipinski definition) is 4. The number of nitrogens with zero attached hydrogens (tertiary/aromatic N) is 1. The molecule has 108 valence electrons. The number of anilines is 2. The molecule has 0 amide bonds. The predicted octanol–water partition coefficient (Wildman–Crippen LogP) is 5.94. The Balaban J connectivity index is 2.26. The van der Waals surface area contributed by atoms with E-state index < -0.39 is 0 Å². The quantitative estimate of drug-likeness (QED) is 0.383. The zero-order valence-corrected chi connectivity index (χ0v) is 15.1. The van der Waals surface area contributed by atoms with Gasteiger partial charge in [-0.1, -0.05) is 17.8 Å². The van der Waals surface area contributed by atoms with E-state index in [1.807, 2.05) is 13.8 Å². The molecule has 0 unspecified atom stereocenters. The molecule has 0 spiro atoms. The molecule has 0 fully saturated rings. The lowest BCUT2D eigenvalue weighted by Gasteiger charge is -2.24. The summed E-state index contributed by atoms with van der Waals surface area (Å²) in [4.78, 5) is 12.9. The average molecular weight is 430 g/mol. The standard InChI is InChI=1S/C14H10Br2N2O2S/c1-6-3-7(2)11-10(4-6)21-14-9(16)5-8(15)13(18(19)20)12(14)17-11/h3-5,17H,1-2H3. The summed E-state index contributed by atoms with van der Waals surface area (Å²) < 4.78 is 1.29. The second-order valence-corrected chi connectivity index (χ2v) is 7.59. The molecule has 0 saturated heterocycles. The first-order valence-corrected chi connectivity index (χ1v) is 8.51. The van der Waals surface area contributed by atoms with Crippen LogP contribution in [0.25, 0.3) is 0 Å². The van der Waals surface area contributed by atoms with Crippen molar-refractivity contribution in [1.29, 1.82) is 0 Å². The summed E-state index contributed by atoms with van der Waals surface area (Å²) in [6.07, 6.45) is 0. The van der Waals surface area contributed by atoms with Crippen LogP contribution >= 0.6 is 43.6 Å². The van der Waals surface area contributed by atoms with Gasteiger partial charge in [0.1, 0.15) is 5.69 Å². The summed E-state index contributed by atoms with van der Waals surface area (Å²) in [5, 5.41) is 14.6. The first-order chi connectivity index (χ1) is 9.88. The molecular formula is C14H10Br2N2O2S. The highest BCUT2D eigenvalue weighted by molar-refractivity contribution is 9.11. The topological polar surface area (TPSA) is 55.2 Å². The maximum Gasteiger partial charge on any atom is 0.307 e. The highest BCUT2D eigenvalue weighted by Crippen LogP contribution is 2.53. The summed E-state index contributed by atoms with van der Waals surface area (Å²) in [6, 6.07) is 5.87. The van der Waals surface area contributed by atoms with Gasteiger partial charge in [-0.2, -0.15) is 0 Å². The zero-order valence-electron chi connectivity index (χ0n) is 11.2. The monoisotopic (exact) mass is 428 g/mol. The number of rotatable bonds is 1. The van der Waals surface area contributed by atoms with Crippen molar-refractivity contribution in [3.8, 4) is 0 Å². The largest absolute Gasteiger partial charge is 0.348 e. The Kier molecular flexibility index (Phi) is 3.75. The number of nitro groups is 1.